The van der Waals surface area contributed by atoms with E-state index in [-0.39, 0.29) is 11.4 Å². The van der Waals surface area contributed by atoms with Gasteiger partial charge >= 0.3 is 0 Å². The summed E-state index contributed by atoms with van der Waals surface area (Å²) in [5.41, 5.74) is 0.981. The highest BCUT2D eigenvalue weighted by molar-refractivity contribution is 7.89. The maximum absolute atomic E-state index is 13.6. The fourth-order valence-electron chi connectivity index (χ4n) is 2.24. The Labute approximate surface area is 146 Å². The standard InChI is InChI=1S/C17H20FNO5S/c1-11-5-6-13(9-14(11)18)25(20,21)19-10-12-7-15(22-2)17(24-4)16(8-12)23-3/h5-9,19H,10H2,1-4H3. The number of hydrogen-bond acceptors (Lipinski definition) is 5. The molecule has 0 bridgehead atoms. The van der Waals surface area contributed by atoms with Gasteiger partial charge in [0.05, 0.1) is 26.2 Å². The smallest absolute Gasteiger partial charge is 0.240 e. The van der Waals surface area contributed by atoms with Gasteiger partial charge in [-0.2, -0.15) is 0 Å². The summed E-state index contributed by atoms with van der Waals surface area (Å²) in [5, 5.41) is 0. The molecule has 0 saturated heterocycles. The number of nitrogens with one attached hydrogen (secondary N) is 1. The number of halogens is 1. The molecule has 0 aliphatic heterocycles. The second-order valence-electron chi connectivity index (χ2n) is 5.27. The zero-order valence-electron chi connectivity index (χ0n) is 14.4. The van der Waals surface area contributed by atoms with Crippen molar-refractivity contribution in [1.29, 1.82) is 0 Å². The molecule has 2 aromatic carbocycles. The van der Waals surface area contributed by atoms with Crippen LogP contribution in [0, 0.1) is 12.7 Å². The second-order valence-corrected chi connectivity index (χ2v) is 7.04. The first-order valence-corrected chi connectivity index (χ1v) is 8.85. The highest BCUT2D eigenvalue weighted by Gasteiger charge is 2.17. The molecule has 2 aromatic rings. The van der Waals surface area contributed by atoms with E-state index in [1.54, 1.807) is 19.1 Å². The van der Waals surface area contributed by atoms with E-state index in [2.05, 4.69) is 4.72 Å². The van der Waals surface area contributed by atoms with Gasteiger partial charge in [-0.15, -0.1) is 0 Å². The zero-order valence-corrected chi connectivity index (χ0v) is 15.2. The Morgan fingerprint density at radius 3 is 2.08 bits per heavy atom. The van der Waals surface area contributed by atoms with Gasteiger partial charge in [-0.1, -0.05) is 6.07 Å². The van der Waals surface area contributed by atoms with E-state index in [0.29, 0.717) is 28.4 Å². The van der Waals surface area contributed by atoms with Crippen LogP contribution in [0.2, 0.25) is 0 Å². The predicted octanol–water partition coefficient (Wildman–Crippen LogP) is 2.64. The van der Waals surface area contributed by atoms with Crippen LogP contribution in [0.1, 0.15) is 11.1 Å². The molecule has 0 amide bonds. The molecule has 0 fully saturated rings. The summed E-state index contributed by atoms with van der Waals surface area (Å²) in [6.45, 7) is 1.55. The lowest BCUT2D eigenvalue weighted by Crippen LogP contribution is -2.23. The van der Waals surface area contributed by atoms with E-state index in [0.717, 1.165) is 6.07 Å². The number of aryl methyl sites for hydroxylation is 1. The van der Waals surface area contributed by atoms with E-state index in [4.69, 9.17) is 14.2 Å². The number of benzene rings is 2. The molecule has 2 rings (SSSR count). The van der Waals surface area contributed by atoms with Crippen molar-refractivity contribution in [2.45, 2.75) is 18.4 Å². The van der Waals surface area contributed by atoms with Crippen LogP contribution in [-0.4, -0.2) is 29.7 Å². The normalized spacial score (nSPS) is 11.2. The molecule has 0 aromatic heterocycles. The number of ether oxygens (including phenoxy) is 3. The summed E-state index contributed by atoms with van der Waals surface area (Å²) in [6, 6.07) is 7.05. The molecule has 0 radical (unpaired) electrons. The van der Waals surface area contributed by atoms with Crippen LogP contribution in [0.3, 0.4) is 0 Å². The van der Waals surface area contributed by atoms with Crippen LogP contribution in [0.5, 0.6) is 17.2 Å². The van der Waals surface area contributed by atoms with Crippen molar-refractivity contribution >= 4 is 10.0 Å². The molecule has 0 saturated carbocycles. The van der Waals surface area contributed by atoms with Gasteiger partial charge in [0.1, 0.15) is 5.82 Å². The van der Waals surface area contributed by atoms with Crippen molar-refractivity contribution in [3.63, 3.8) is 0 Å². The summed E-state index contributed by atoms with van der Waals surface area (Å²) in [6.07, 6.45) is 0. The third kappa shape index (κ3) is 4.21. The van der Waals surface area contributed by atoms with E-state index >= 15 is 0 Å². The highest BCUT2D eigenvalue weighted by Crippen LogP contribution is 2.38. The Hall–Kier alpha value is -2.32. The summed E-state index contributed by atoms with van der Waals surface area (Å²) in [5.74, 6) is 0.669. The van der Waals surface area contributed by atoms with Gasteiger partial charge in [0.2, 0.25) is 15.8 Å². The van der Waals surface area contributed by atoms with Crippen molar-refractivity contribution in [2.24, 2.45) is 0 Å². The van der Waals surface area contributed by atoms with Crippen molar-refractivity contribution in [2.75, 3.05) is 21.3 Å². The lowest BCUT2D eigenvalue weighted by Gasteiger charge is -2.14. The van der Waals surface area contributed by atoms with Crippen molar-refractivity contribution in [1.82, 2.24) is 4.72 Å². The minimum absolute atomic E-state index is 0.0193. The summed E-state index contributed by atoms with van der Waals surface area (Å²) in [4.78, 5) is -0.136. The van der Waals surface area contributed by atoms with E-state index in [1.807, 2.05) is 0 Å². The Morgan fingerprint density at radius 1 is 1.00 bits per heavy atom. The third-order valence-corrected chi connectivity index (χ3v) is 5.04. The maximum Gasteiger partial charge on any atom is 0.240 e. The number of methoxy groups -OCH3 is 3. The van der Waals surface area contributed by atoms with Crippen LogP contribution >= 0.6 is 0 Å². The monoisotopic (exact) mass is 369 g/mol. The molecule has 0 spiro atoms. The molecule has 0 atom stereocenters. The summed E-state index contributed by atoms with van der Waals surface area (Å²) < 4.78 is 56.4. The van der Waals surface area contributed by atoms with E-state index < -0.39 is 15.8 Å². The predicted molar refractivity (Wildman–Crippen MR) is 91.3 cm³/mol. The van der Waals surface area contributed by atoms with Crippen molar-refractivity contribution in [3.8, 4) is 17.2 Å². The molecule has 0 aliphatic rings. The average molecular weight is 369 g/mol. The van der Waals surface area contributed by atoms with Gasteiger partial charge in [0.15, 0.2) is 11.5 Å². The van der Waals surface area contributed by atoms with Gasteiger partial charge in [-0.25, -0.2) is 17.5 Å². The van der Waals surface area contributed by atoms with Crippen LogP contribution in [0.15, 0.2) is 35.2 Å². The Morgan fingerprint density at radius 2 is 1.60 bits per heavy atom. The van der Waals surface area contributed by atoms with Crippen LogP contribution in [-0.2, 0) is 16.6 Å². The third-order valence-electron chi connectivity index (χ3n) is 3.64. The topological polar surface area (TPSA) is 73.9 Å². The Bertz CT molecular complexity index is 842. The number of rotatable bonds is 7. The lowest BCUT2D eigenvalue weighted by molar-refractivity contribution is 0.323. The minimum atomic E-state index is -3.86. The first kappa shape index (κ1) is 19.0. The molecule has 8 heteroatoms. The van der Waals surface area contributed by atoms with Crippen molar-refractivity contribution in [3.05, 3.63) is 47.3 Å². The fourth-order valence-corrected chi connectivity index (χ4v) is 3.27. The molecule has 1 N–H and O–H groups in total. The van der Waals surface area contributed by atoms with Gasteiger partial charge in [0.25, 0.3) is 0 Å². The van der Waals surface area contributed by atoms with Gasteiger partial charge < -0.3 is 14.2 Å². The average Bonchev–Trinajstić information content (AvgIpc) is 2.61. The first-order chi connectivity index (χ1) is 11.8. The van der Waals surface area contributed by atoms with Gasteiger partial charge in [0, 0.05) is 6.54 Å². The molecule has 0 aliphatic carbocycles. The van der Waals surface area contributed by atoms with E-state index in [9.17, 15) is 12.8 Å². The molecular weight excluding hydrogens is 349 g/mol. The molecule has 25 heavy (non-hydrogen) atoms. The number of sulfonamides is 1. The minimum Gasteiger partial charge on any atom is -0.493 e. The van der Waals surface area contributed by atoms with Crippen LogP contribution in [0.25, 0.3) is 0 Å². The van der Waals surface area contributed by atoms with Crippen LogP contribution in [0.4, 0.5) is 4.39 Å². The second kappa shape index (κ2) is 7.71. The van der Waals surface area contributed by atoms with Gasteiger partial charge in [-0.3, -0.25) is 0 Å². The fraction of sp³-hybridized carbons (Fsp3) is 0.294. The highest BCUT2D eigenvalue weighted by atomic mass is 32.2. The molecule has 0 heterocycles. The molecular formula is C17H20FNO5S. The molecule has 136 valence electrons. The Kier molecular flexibility index (Phi) is 5.86. The SMILES string of the molecule is COc1cc(CNS(=O)(=O)c2ccc(C)c(F)c2)cc(OC)c1OC. The largest absolute Gasteiger partial charge is 0.493 e. The quantitative estimate of drug-likeness (QED) is 0.812. The summed E-state index contributed by atoms with van der Waals surface area (Å²) >= 11 is 0. The molecule has 0 unspecified atom stereocenters. The van der Waals surface area contributed by atoms with Crippen LogP contribution < -0.4 is 18.9 Å². The molecule has 6 nitrogen and oxygen atoms in total. The van der Waals surface area contributed by atoms with Crippen molar-refractivity contribution < 1.29 is 27.0 Å². The Balaban J connectivity index is 2.26. The lowest BCUT2D eigenvalue weighted by atomic mass is 10.2. The first-order valence-electron chi connectivity index (χ1n) is 7.37. The summed E-state index contributed by atoms with van der Waals surface area (Å²) in [7, 11) is 0.570. The number of hydrogen-bond donors (Lipinski definition) is 1. The van der Waals surface area contributed by atoms with Gasteiger partial charge in [-0.05, 0) is 42.3 Å². The van der Waals surface area contributed by atoms with E-state index in [1.165, 1.54) is 33.5 Å². The zero-order chi connectivity index (χ0) is 18.6. The maximum atomic E-state index is 13.6.